The van der Waals surface area contributed by atoms with Crippen LogP contribution >= 0.6 is 0 Å². The van der Waals surface area contributed by atoms with Crippen molar-refractivity contribution in [3.63, 3.8) is 0 Å². The number of benzene rings is 1. The largest absolute Gasteiger partial charge is 0.377 e. The summed E-state index contributed by atoms with van der Waals surface area (Å²) in [5, 5.41) is 3.71. The van der Waals surface area contributed by atoms with Gasteiger partial charge in [-0.2, -0.15) is 0 Å². The Labute approximate surface area is 132 Å². The summed E-state index contributed by atoms with van der Waals surface area (Å²) in [6, 6.07) is 8.85. The van der Waals surface area contributed by atoms with Gasteiger partial charge in [0, 0.05) is 37.3 Å². The van der Waals surface area contributed by atoms with E-state index in [0.29, 0.717) is 18.2 Å². The van der Waals surface area contributed by atoms with E-state index in [1.54, 1.807) is 0 Å². The predicted molar refractivity (Wildman–Crippen MR) is 87.1 cm³/mol. The number of nitrogens with one attached hydrogen (secondary N) is 1. The molecule has 0 bridgehead atoms. The molecule has 1 aromatic carbocycles. The van der Waals surface area contributed by atoms with E-state index in [4.69, 9.17) is 4.74 Å². The van der Waals surface area contributed by atoms with Crippen molar-refractivity contribution in [2.45, 2.75) is 51.3 Å². The van der Waals surface area contributed by atoms with Gasteiger partial charge in [-0.25, -0.2) is 0 Å². The first-order chi connectivity index (χ1) is 10.6. The molecule has 4 nitrogen and oxygen atoms in total. The maximum Gasteiger partial charge on any atom is 0.253 e. The Bertz CT molecular complexity index is 506. The van der Waals surface area contributed by atoms with Crippen molar-refractivity contribution >= 4 is 5.91 Å². The predicted octanol–water partition coefficient (Wildman–Crippen LogP) is 2.37. The molecule has 2 aliphatic rings. The lowest BCUT2D eigenvalue weighted by atomic mass is 10.0. The summed E-state index contributed by atoms with van der Waals surface area (Å²) in [6.07, 6.45) is 3.47. The average Bonchev–Trinajstić information content (AvgIpc) is 2.93. The van der Waals surface area contributed by atoms with Crippen LogP contribution in [0.3, 0.4) is 0 Å². The van der Waals surface area contributed by atoms with Gasteiger partial charge in [-0.3, -0.25) is 4.79 Å². The zero-order valence-corrected chi connectivity index (χ0v) is 13.5. The summed E-state index contributed by atoms with van der Waals surface area (Å²) in [5.41, 5.74) is 1.99. The molecule has 0 spiro atoms. The third-order valence-corrected chi connectivity index (χ3v) is 4.91. The number of hydrogen-bond donors (Lipinski definition) is 1. The molecule has 2 atom stereocenters. The second-order valence-corrected chi connectivity index (χ2v) is 6.57. The van der Waals surface area contributed by atoms with Crippen molar-refractivity contribution in [2.24, 2.45) is 0 Å². The fourth-order valence-corrected chi connectivity index (χ4v) is 3.38. The summed E-state index contributed by atoms with van der Waals surface area (Å²) < 4.78 is 5.61. The highest BCUT2D eigenvalue weighted by Gasteiger charge is 2.29. The van der Waals surface area contributed by atoms with Crippen LogP contribution in [0, 0.1) is 6.92 Å². The molecule has 0 aromatic heterocycles. The van der Waals surface area contributed by atoms with Gasteiger partial charge < -0.3 is 15.0 Å². The van der Waals surface area contributed by atoms with Gasteiger partial charge in [-0.05, 0) is 45.2 Å². The monoisotopic (exact) mass is 302 g/mol. The van der Waals surface area contributed by atoms with Gasteiger partial charge in [0.2, 0.25) is 0 Å². The van der Waals surface area contributed by atoms with Crippen molar-refractivity contribution in [3.05, 3.63) is 35.4 Å². The maximum absolute atomic E-state index is 12.5. The third kappa shape index (κ3) is 3.50. The molecule has 1 amide bonds. The molecular formula is C18H26N2O2. The van der Waals surface area contributed by atoms with Gasteiger partial charge in [0.05, 0.1) is 6.10 Å². The molecule has 3 rings (SSSR count). The Kier molecular flexibility index (Phi) is 4.79. The van der Waals surface area contributed by atoms with Crippen LogP contribution in [0.5, 0.6) is 0 Å². The van der Waals surface area contributed by atoms with E-state index in [-0.39, 0.29) is 5.91 Å². The number of carbonyl (C=O) groups excluding carboxylic acids is 1. The van der Waals surface area contributed by atoms with Crippen molar-refractivity contribution in [3.8, 4) is 0 Å². The van der Waals surface area contributed by atoms with E-state index in [1.165, 1.54) is 5.56 Å². The highest BCUT2D eigenvalue weighted by atomic mass is 16.5. The molecule has 2 aliphatic heterocycles. The van der Waals surface area contributed by atoms with Crippen LogP contribution in [0.4, 0.5) is 0 Å². The van der Waals surface area contributed by atoms with Crippen molar-refractivity contribution in [1.82, 2.24) is 10.2 Å². The minimum atomic E-state index is 0.163. The standard InChI is InChI=1S/C18H26N2O2/c1-13-3-5-15(6-4-13)18(21)20-10-7-16(8-11-20)19-17-9-12-22-14(17)2/h3-6,14,16-17,19H,7-12H2,1-2H3. The summed E-state index contributed by atoms with van der Waals surface area (Å²) in [5.74, 6) is 0.163. The summed E-state index contributed by atoms with van der Waals surface area (Å²) >= 11 is 0. The van der Waals surface area contributed by atoms with Gasteiger partial charge >= 0.3 is 0 Å². The lowest BCUT2D eigenvalue weighted by molar-refractivity contribution is 0.0689. The molecule has 2 saturated heterocycles. The first-order valence-electron chi connectivity index (χ1n) is 8.37. The molecule has 0 radical (unpaired) electrons. The van der Waals surface area contributed by atoms with Crippen LogP contribution in [0.25, 0.3) is 0 Å². The summed E-state index contributed by atoms with van der Waals surface area (Å²) in [7, 11) is 0. The average molecular weight is 302 g/mol. The highest BCUT2D eigenvalue weighted by molar-refractivity contribution is 5.94. The smallest absolute Gasteiger partial charge is 0.253 e. The number of hydrogen-bond acceptors (Lipinski definition) is 3. The first-order valence-corrected chi connectivity index (χ1v) is 8.37. The van der Waals surface area contributed by atoms with Gasteiger partial charge in [0.25, 0.3) is 5.91 Å². The molecule has 0 saturated carbocycles. The zero-order valence-electron chi connectivity index (χ0n) is 13.5. The Morgan fingerprint density at radius 1 is 1.18 bits per heavy atom. The van der Waals surface area contributed by atoms with E-state index in [0.717, 1.165) is 44.5 Å². The molecule has 2 unspecified atom stereocenters. The number of carbonyl (C=O) groups is 1. The molecule has 1 N–H and O–H groups in total. The van der Waals surface area contributed by atoms with Gasteiger partial charge in [0.1, 0.15) is 0 Å². The number of amides is 1. The molecular weight excluding hydrogens is 276 g/mol. The number of likely N-dealkylation sites (tertiary alicyclic amines) is 1. The first kappa shape index (κ1) is 15.5. The molecule has 2 fully saturated rings. The van der Waals surface area contributed by atoms with E-state index in [2.05, 4.69) is 12.2 Å². The quantitative estimate of drug-likeness (QED) is 0.932. The SMILES string of the molecule is Cc1ccc(C(=O)N2CCC(NC3CCOC3C)CC2)cc1. The molecule has 1 aromatic rings. The number of rotatable bonds is 3. The van der Waals surface area contributed by atoms with E-state index >= 15 is 0 Å². The minimum Gasteiger partial charge on any atom is -0.377 e. The Morgan fingerprint density at radius 2 is 1.86 bits per heavy atom. The van der Waals surface area contributed by atoms with Crippen LogP contribution in [-0.2, 0) is 4.74 Å². The van der Waals surface area contributed by atoms with Crippen molar-refractivity contribution < 1.29 is 9.53 Å². The van der Waals surface area contributed by atoms with Crippen molar-refractivity contribution in [1.29, 1.82) is 0 Å². The fraction of sp³-hybridized carbons (Fsp3) is 0.611. The number of nitrogens with zero attached hydrogens (tertiary/aromatic N) is 1. The normalized spacial score (nSPS) is 26.4. The summed E-state index contributed by atoms with van der Waals surface area (Å²) in [4.78, 5) is 14.5. The van der Waals surface area contributed by atoms with Gasteiger partial charge in [-0.1, -0.05) is 17.7 Å². The number of aryl methyl sites for hydroxylation is 1. The number of ether oxygens (including phenoxy) is 1. The van der Waals surface area contributed by atoms with Crippen LogP contribution in [-0.4, -0.2) is 48.7 Å². The molecule has 120 valence electrons. The van der Waals surface area contributed by atoms with Crippen LogP contribution in [0.15, 0.2) is 24.3 Å². The minimum absolute atomic E-state index is 0.163. The van der Waals surface area contributed by atoms with E-state index in [1.807, 2.05) is 36.1 Å². The molecule has 4 heteroatoms. The molecule has 0 aliphatic carbocycles. The van der Waals surface area contributed by atoms with Gasteiger partial charge in [0.15, 0.2) is 0 Å². The third-order valence-electron chi connectivity index (χ3n) is 4.91. The Morgan fingerprint density at radius 3 is 2.45 bits per heavy atom. The summed E-state index contributed by atoms with van der Waals surface area (Å²) in [6.45, 7) is 6.72. The van der Waals surface area contributed by atoms with Crippen molar-refractivity contribution in [2.75, 3.05) is 19.7 Å². The van der Waals surface area contributed by atoms with Gasteiger partial charge in [-0.15, -0.1) is 0 Å². The molecule has 22 heavy (non-hydrogen) atoms. The lowest BCUT2D eigenvalue weighted by Gasteiger charge is -2.34. The van der Waals surface area contributed by atoms with Crippen LogP contribution < -0.4 is 5.32 Å². The fourth-order valence-electron chi connectivity index (χ4n) is 3.38. The lowest BCUT2D eigenvalue weighted by Crippen LogP contribution is -2.49. The Balaban J connectivity index is 1.50. The zero-order chi connectivity index (χ0) is 15.5. The van der Waals surface area contributed by atoms with Crippen LogP contribution in [0.2, 0.25) is 0 Å². The molecule has 2 heterocycles. The van der Waals surface area contributed by atoms with Crippen LogP contribution in [0.1, 0.15) is 42.1 Å². The van der Waals surface area contributed by atoms with E-state index < -0.39 is 0 Å². The van der Waals surface area contributed by atoms with E-state index in [9.17, 15) is 4.79 Å². The Hall–Kier alpha value is -1.39. The topological polar surface area (TPSA) is 41.6 Å². The second-order valence-electron chi connectivity index (χ2n) is 6.57. The maximum atomic E-state index is 12.5. The second kappa shape index (κ2) is 6.80. The number of piperidine rings is 1. The highest BCUT2D eigenvalue weighted by Crippen LogP contribution is 2.18.